The van der Waals surface area contributed by atoms with Crippen molar-refractivity contribution in [2.24, 2.45) is 0 Å². The fourth-order valence-corrected chi connectivity index (χ4v) is 1.89. The molecule has 0 unspecified atom stereocenters. The second-order valence-corrected chi connectivity index (χ2v) is 3.52. The minimum Gasteiger partial charge on any atom is -0.497 e. The van der Waals surface area contributed by atoms with Gasteiger partial charge >= 0.3 is 0 Å². The van der Waals surface area contributed by atoms with E-state index >= 15 is 0 Å². The van der Waals surface area contributed by atoms with E-state index in [9.17, 15) is 0 Å². The molecule has 0 N–H and O–H groups in total. The first-order valence-corrected chi connectivity index (χ1v) is 5.04. The van der Waals surface area contributed by atoms with Crippen molar-refractivity contribution in [2.45, 2.75) is 0 Å². The summed E-state index contributed by atoms with van der Waals surface area (Å²) in [7, 11) is 1.63. The summed E-state index contributed by atoms with van der Waals surface area (Å²) in [6.07, 6.45) is 0. The van der Waals surface area contributed by atoms with Crippen molar-refractivity contribution in [3.8, 4) is 17.0 Å². The standard InChI is InChI=1S/C9H7ClN2OS/c1-13-7-4-2-3-6(5-7)8-9(10)12-14-11-8/h2-5H,1H3. The Morgan fingerprint density at radius 2 is 2.21 bits per heavy atom. The maximum atomic E-state index is 5.87. The molecule has 14 heavy (non-hydrogen) atoms. The van der Waals surface area contributed by atoms with Crippen LogP contribution in [0.25, 0.3) is 11.3 Å². The highest BCUT2D eigenvalue weighted by Gasteiger charge is 2.08. The van der Waals surface area contributed by atoms with E-state index < -0.39 is 0 Å². The van der Waals surface area contributed by atoms with Gasteiger partial charge in [-0.1, -0.05) is 23.7 Å². The summed E-state index contributed by atoms with van der Waals surface area (Å²) >= 11 is 6.97. The lowest BCUT2D eigenvalue weighted by Crippen LogP contribution is -1.83. The molecule has 72 valence electrons. The van der Waals surface area contributed by atoms with Crippen LogP contribution in [-0.2, 0) is 0 Å². The predicted octanol–water partition coefficient (Wildman–Crippen LogP) is 2.87. The smallest absolute Gasteiger partial charge is 0.170 e. The fraction of sp³-hybridized carbons (Fsp3) is 0.111. The van der Waals surface area contributed by atoms with Crippen molar-refractivity contribution in [1.29, 1.82) is 0 Å². The van der Waals surface area contributed by atoms with Gasteiger partial charge in [0, 0.05) is 5.56 Å². The largest absolute Gasteiger partial charge is 0.497 e. The molecule has 2 aromatic rings. The van der Waals surface area contributed by atoms with Crippen molar-refractivity contribution in [1.82, 2.24) is 8.75 Å². The van der Waals surface area contributed by atoms with Gasteiger partial charge in [0.2, 0.25) is 0 Å². The molecule has 0 saturated heterocycles. The SMILES string of the molecule is COc1cccc(-c2nsnc2Cl)c1. The topological polar surface area (TPSA) is 35.0 Å². The zero-order chi connectivity index (χ0) is 9.97. The predicted molar refractivity (Wildman–Crippen MR) is 56.9 cm³/mol. The number of aromatic nitrogens is 2. The highest BCUT2D eigenvalue weighted by atomic mass is 35.5. The molecule has 0 atom stereocenters. The minimum absolute atomic E-state index is 0.434. The first-order chi connectivity index (χ1) is 6.81. The molecular weight excluding hydrogens is 220 g/mol. The normalized spacial score (nSPS) is 10.1. The van der Waals surface area contributed by atoms with Crippen LogP contribution in [0, 0.1) is 0 Å². The number of rotatable bonds is 2. The van der Waals surface area contributed by atoms with Crippen molar-refractivity contribution in [3.63, 3.8) is 0 Å². The molecule has 0 bridgehead atoms. The van der Waals surface area contributed by atoms with Gasteiger partial charge < -0.3 is 4.74 Å². The van der Waals surface area contributed by atoms with Crippen molar-refractivity contribution in [3.05, 3.63) is 29.4 Å². The minimum atomic E-state index is 0.434. The monoisotopic (exact) mass is 226 g/mol. The number of ether oxygens (including phenoxy) is 1. The number of nitrogens with zero attached hydrogens (tertiary/aromatic N) is 2. The van der Waals surface area contributed by atoms with Gasteiger partial charge in [-0.15, -0.1) is 0 Å². The van der Waals surface area contributed by atoms with Crippen LogP contribution in [0.4, 0.5) is 0 Å². The molecular formula is C9H7ClN2OS. The van der Waals surface area contributed by atoms with Gasteiger partial charge in [-0.2, -0.15) is 8.75 Å². The summed E-state index contributed by atoms with van der Waals surface area (Å²) < 4.78 is 13.1. The van der Waals surface area contributed by atoms with Crippen LogP contribution in [0.3, 0.4) is 0 Å². The van der Waals surface area contributed by atoms with E-state index in [-0.39, 0.29) is 0 Å². The zero-order valence-corrected chi connectivity index (χ0v) is 8.97. The fourth-order valence-electron chi connectivity index (χ4n) is 1.12. The molecule has 0 fully saturated rings. The van der Waals surface area contributed by atoms with Crippen LogP contribution in [0.1, 0.15) is 0 Å². The third-order valence-corrected chi connectivity index (χ3v) is 2.68. The summed E-state index contributed by atoms with van der Waals surface area (Å²) in [6, 6.07) is 7.56. The van der Waals surface area contributed by atoms with Gasteiger partial charge in [0.1, 0.15) is 11.4 Å². The second kappa shape index (κ2) is 3.94. The van der Waals surface area contributed by atoms with Gasteiger partial charge in [-0.3, -0.25) is 0 Å². The van der Waals surface area contributed by atoms with Gasteiger partial charge in [-0.05, 0) is 12.1 Å². The molecule has 0 radical (unpaired) electrons. The molecule has 0 aliphatic carbocycles. The maximum absolute atomic E-state index is 5.87. The molecule has 0 amide bonds. The first kappa shape index (κ1) is 9.43. The third-order valence-electron chi connectivity index (χ3n) is 1.79. The van der Waals surface area contributed by atoms with Gasteiger partial charge in [-0.25, -0.2) is 0 Å². The van der Waals surface area contributed by atoms with Gasteiger partial charge in [0.15, 0.2) is 5.15 Å². The second-order valence-electron chi connectivity index (χ2n) is 2.64. The summed E-state index contributed by atoms with van der Waals surface area (Å²) in [5, 5.41) is 0.434. The van der Waals surface area contributed by atoms with E-state index in [4.69, 9.17) is 16.3 Å². The molecule has 0 aliphatic heterocycles. The summed E-state index contributed by atoms with van der Waals surface area (Å²) in [6.45, 7) is 0. The lowest BCUT2D eigenvalue weighted by Gasteiger charge is -2.01. The van der Waals surface area contributed by atoms with Crippen molar-refractivity contribution >= 4 is 23.3 Å². The molecule has 0 aliphatic rings. The van der Waals surface area contributed by atoms with Crippen LogP contribution in [0.15, 0.2) is 24.3 Å². The lowest BCUT2D eigenvalue weighted by atomic mass is 10.1. The van der Waals surface area contributed by atoms with Crippen LogP contribution >= 0.6 is 23.3 Å². The number of hydrogen-bond donors (Lipinski definition) is 0. The summed E-state index contributed by atoms with van der Waals surface area (Å²) in [5.74, 6) is 0.784. The molecule has 0 saturated carbocycles. The molecule has 1 heterocycles. The molecule has 0 spiro atoms. The van der Waals surface area contributed by atoms with E-state index in [1.807, 2.05) is 24.3 Å². The molecule has 3 nitrogen and oxygen atoms in total. The Labute approximate surface area is 90.6 Å². The van der Waals surface area contributed by atoms with Gasteiger partial charge in [0.05, 0.1) is 18.8 Å². The van der Waals surface area contributed by atoms with E-state index in [0.717, 1.165) is 23.0 Å². The molecule has 2 rings (SSSR count). The molecule has 5 heteroatoms. The lowest BCUT2D eigenvalue weighted by molar-refractivity contribution is 0.415. The van der Waals surface area contributed by atoms with Crippen molar-refractivity contribution < 1.29 is 4.74 Å². The Balaban J connectivity index is 2.47. The Morgan fingerprint density at radius 1 is 1.36 bits per heavy atom. The van der Waals surface area contributed by atoms with E-state index in [2.05, 4.69) is 8.75 Å². The van der Waals surface area contributed by atoms with Gasteiger partial charge in [0.25, 0.3) is 0 Å². The van der Waals surface area contributed by atoms with Crippen LogP contribution in [0.5, 0.6) is 5.75 Å². The van der Waals surface area contributed by atoms with Crippen molar-refractivity contribution in [2.75, 3.05) is 7.11 Å². The number of benzene rings is 1. The maximum Gasteiger partial charge on any atom is 0.170 e. The Morgan fingerprint density at radius 3 is 2.86 bits per heavy atom. The van der Waals surface area contributed by atoms with Crippen LogP contribution in [0.2, 0.25) is 5.15 Å². The average molecular weight is 227 g/mol. The highest BCUT2D eigenvalue weighted by Crippen LogP contribution is 2.27. The number of hydrogen-bond acceptors (Lipinski definition) is 4. The zero-order valence-electron chi connectivity index (χ0n) is 7.40. The molecule has 1 aromatic carbocycles. The van der Waals surface area contributed by atoms with E-state index in [0.29, 0.717) is 10.8 Å². The first-order valence-electron chi connectivity index (χ1n) is 3.94. The quantitative estimate of drug-likeness (QED) is 0.790. The van der Waals surface area contributed by atoms with E-state index in [1.165, 1.54) is 0 Å². The Hall–Kier alpha value is -1.13. The number of halogens is 1. The third kappa shape index (κ3) is 1.71. The average Bonchev–Trinajstić information content (AvgIpc) is 2.65. The summed E-state index contributed by atoms with van der Waals surface area (Å²) in [5.41, 5.74) is 1.62. The van der Waals surface area contributed by atoms with Crippen LogP contribution in [-0.4, -0.2) is 15.9 Å². The Bertz CT molecular complexity index is 444. The molecule has 1 aromatic heterocycles. The summed E-state index contributed by atoms with van der Waals surface area (Å²) in [4.78, 5) is 0. The highest BCUT2D eigenvalue weighted by molar-refractivity contribution is 6.99. The Kier molecular flexibility index (Phi) is 2.65. The van der Waals surface area contributed by atoms with E-state index in [1.54, 1.807) is 7.11 Å². The number of methoxy groups -OCH3 is 1. The van der Waals surface area contributed by atoms with Crippen LogP contribution < -0.4 is 4.74 Å².